The van der Waals surface area contributed by atoms with E-state index in [1.807, 2.05) is 0 Å². The first-order valence-electron chi connectivity index (χ1n) is 5.86. The number of aliphatic hydroxyl groups is 1. The van der Waals surface area contributed by atoms with Crippen LogP contribution in [0.25, 0.3) is 0 Å². The standard InChI is InChI=1S/C15H14F2O2/c1-19-13-6-3-10(4-7-13)15(18)8-11-2-5-12(16)9-14(11)17/h2-7,9,15,18H,8H2,1H3. The van der Waals surface area contributed by atoms with Crippen molar-refractivity contribution in [2.24, 2.45) is 0 Å². The number of methoxy groups -OCH3 is 1. The Labute approximate surface area is 110 Å². The Bertz CT molecular complexity index is 553. The van der Waals surface area contributed by atoms with Crippen molar-refractivity contribution in [1.82, 2.24) is 0 Å². The molecular formula is C15H14F2O2. The molecule has 0 bridgehead atoms. The van der Waals surface area contributed by atoms with Crippen molar-refractivity contribution in [2.45, 2.75) is 12.5 Å². The van der Waals surface area contributed by atoms with Gasteiger partial charge >= 0.3 is 0 Å². The van der Waals surface area contributed by atoms with Crippen LogP contribution >= 0.6 is 0 Å². The van der Waals surface area contributed by atoms with Gasteiger partial charge in [0.2, 0.25) is 0 Å². The first-order valence-corrected chi connectivity index (χ1v) is 5.86. The Morgan fingerprint density at radius 3 is 2.37 bits per heavy atom. The van der Waals surface area contributed by atoms with Crippen LogP contribution in [0.15, 0.2) is 42.5 Å². The van der Waals surface area contributed by atoms with E-state index in [4.69, 9.17) is 4.74 Å². The summed E-state index contributed by atoms with van der Waals surface area (Å²) in [5.74, 6) is -0.586. The topological polar surface area (TPSA) is 29.5 Å². The van der Waals surface area contributed by atoms with E-state index in [1.54, 1.807) is 31.4 Å². The second-order valence-corrected chi connectivity index (χ2v) is 4.23. The number of rotatable bonds is 4. The Hall–Kier alpha value is -1.94. The van der Waals surface area contributed by atoms with Gasteiger partial charge < -0.3 is 9.84 Å². The first-order chi connectivity index (χ1) is 9.10. The van der Waals surface area contributed by atoms with Gasteiger partial charge in [0.15, 0.2) is 0 Å². The zero-order valence-corrected chi connectivity index (χ0v) is 10.4. The summed E-state index contributed by atoms with van der Waals surface area (Å²) >= 11 is 0. The minimum atomic E-state index is -0.842. The number of aliphatic hydroxyl groups excluding tert-OH is 1. The Morgan fingerprint density at radius 1 is 1.11 bits per heavy atom. The fraction of sp³-hybridized carbons (Fsp3) is 0.200. The highest BCUT2D eigenvalue weighted by molar-refractivity contribution is 5.30. The fourth-order valence-corrected chi connectivity index (χ4v) is 1.84. The van der Waals surface area contributed by atoms with Gasteiger partial charge in [0.05, 0.1) is 13.2 Å². The Balaban J connectivity index is 2.13. The number of ether oxygens (including phenoxy) is 1. The van der Waals surface area contributed by atoms with E-state index in [9.17, 15) is 13.9 Å². The zero-order chi connectivity index (χ0) is 13.8. The molecule has 0 aliphatic carbocycles. The predicted octanol–water partition coefficient (Wildman–Crippen LogP) is 3.25. The number of benzene rings is 2. The van der Waals surface area contributed by atoms with Crippen molar-refractivity contribution in [3.63, 3.8) is 0 Å². The van der Waals surface area contributed by atoms with Crippen LogP contribution in [-0.2, 0) is 6.42 Å². The molecule has 0 saturated heterocycles. The third-order valence-corrected chi connectivity index (χ3v) is 2.93. The average Bonchev–Trinajstić information content (AvgIpc) is 2.42. The molecule has 0 aliphatic heterocycles. The molecule has 4 heteroatoms. The van der Waals surface area contributed by atoms with Gasteiger partial charge in [-0.3, -0.25) is 0 Å². The summed E-state index contributed by atoms with van der Waals surface area (Å²) in [5.41, 5.74) is 0.939. The van der Waals surface area contributed by atoms with E-state index in [2.05, 4.69) is 0 Å². The molecule has 0 aromatic heterocycles. The molecule has 1 N–H and O–H groups in total. The van der Waals surface area contributed by atoms with Crippen LogP contribution in [0.4, 0.5) is 8.78 Å². The largest absolute Gasteiger partial charge is 0.497 e. The molecule has 2 rings (SSSR count). The van der Waals surface area contributed by atoms with Crippen molar-refractivity contribution in [2.75, 3.05) is 7.11 Å². The maximum atomic E-state index is 13.5. The molecule has 2 aromatic rings. The molecular weight excluding hydrogens is 250 g/mol. The number of halogens is 2. The highest BCUT2D eigenvalue weighted by atomic mass is 19.1. The van der Waals surface area contributed by atoms with Crippen LogP contribution < -0.4 is 4.74 Å². The van der Waals surface area contributed by atoms with Crippen LogP contribution in [0.5, 0.6) is 5.75 Å². The van der Waals surface area contributed by atoms with E-state index >= 15 is 0 Å². The van der Waals surface area contributed by atoms with Gasteiger partial charge in [0.25, 0.3) is 0 Å². The van der Waals surface area contributed by atoms with Gasteiger partial charge in [-0.2, -0.15) is 0 Å². The predicted molar refractivity (Wildman–Crippen MR) is 68.0 cm³/mol. The van der Waals surface area contributed by atoms with Crippen LogP contribution in [0.2, 0.25) is 0 Å². The van der Waals surface area contributed by atoms with E-state index in [0.29, 0.717) is 11.3 Å². The molecule has 100 valence electrons. The average molecular weight is 264 g/mol. The highest BCUT2D eigenvalue weighted by Crippen LogP contribution is 2.22. The molecule has 1 atom stereocenters. The monoisotopic (exact) mass is 264 g/mol. The molecule has 0 heterocycles. The van der Waals surface area contributed by atoms with Crippen LogP contribution in [0.3, 0.4) is 0 Å². The lowest BCUT2D eigenvalue weighted by Crippen LogP contribution is -2.04. The summed E-state index contributed by atoms with van der Waals surface area (Å²) in [5, 5.41) is 10.0. The van der Waals surface area contributed by atoms with Gasteiger partial charge in [0.1, 0.15) is 17.4 Å². The molecule has 2 aromatic carbocycles. The Morgan fingerprint density at radius 2 is 1.79 bits per heavy atom. The van der Waals surface area contributed by atoms with Crippen LogP contribution in [0.1, 0.15) is 17.2 Å². The van der Waals surface area contributed by atoms with Gasteiger partial charge in [-0.15, -0.1) is 0 Å². The SMILES string of the molecule is COc1ccc(C(O)Cc2ccc(F)cc2F)cc1. The minimum absolute atomic E-state index is 0.0957. The smallest absolute Gasteiger partial charge is 0.129 e. The van der Waals surface area contributed by atoms with E-state index in [0.717, 1.165) is 6.07 Å². The van der Waals surface area contributed by atoms with Crippen molar-refractivity contribution in [1.29, 1.82) is 0 Å². The van der Waals surface area contributed by atoms with Crippen LogP contribution in [0, 0.1) is 11.6 Å². The summed E-state index contributed by atoms with van der Waals surface area (Å²) < 4.78 is 31.3. The van der Waals surface area contributed by atoms with Gasteiger partial charge in [0, 0.05) is 12.5 Å². The van der Waals surface area contributed by atoms with Crippen molar-refractivity contribution in [3.8, 4) is 5.75 Å². The van der Waals surface area contributed by atoms with E-state index in [-0.39, 0.29) is 12.0 Å². The maximum absolute atomic E-state index is 13.5. The molecule has 0 aliphatic rings. The van der Waals surface area contributed by atoms with Gasteiger partial charge in [-0.25, -0.2) is 8.78 Å². The van der Waals surface area contributed by atoms with Crippen molar-refractivity contribution < 1.29 is 18.6 Å². The van der Waals surface area contributed by atoms with E-state index < -0.39 is 17.7 Å². The summed E-state index contributed by atoms with van der Waals surface area (Å²) in [6.45, 7) is 0. The van der Waals surface area contributed by atoms with E-state index in [1.165, 1.54) is 12.1 Å². The first kappa shape index (κ1) is 13.5. The lowest BCUT2D eigenvalue weighted by molar-refractivity contribution is 0.177. The second kappa shape index (κ2) is 5.80. The third-order valence-electron chi connectivity index (χ3n) is 2.93. The molecule has 19 heavy (non-hydrogen) atoms. The molecule has 2 nitrogen and oxygen atoms in total. The molecule has 0 radical (unpaired) electrons. The summed E-state index contributed by atoms with van der Waals surface area (Å²) in [6, 6.07) is 10.2. The molecule has 0 amide bonds. The molecule has 1 unspecified atom stereocenters. The lowest BCUT2D eigenvalue weighted by Gasteiger charge is -2.12. The fourth-order valence-electron chi connectivity index (χ4n) is 1.84. The van der Waals surface area contributed by atoms with Crippen molar-refractivity contribution >= 4 is 0 Å². The van der Waals surface area contributed by atoms with Gasteiger partial charge in [-0.1, -0.05) is 18.2 Å². The van der Waals surface area contributed by atoms with Crippen molar-refractivity contribution in [3.05, 3.63) is 65.2 Å². The molecule has 0 fully saturated rings. The molecule has 0 spiro atoms. The third kappa shape index (κ3) is 3.29. The number of hydrogen-bond donors (Lipinski definition) is 1. The minimum Gasteiger partial charge on any atom is -0.497 e. The van der Waals surface area contributed by atoms with Gasteiger partial charge in [-0.05, 0) is 29.3 Å². The lowest BCUT2D eigenvalue weighted by atomic mass is 10.0. The normalized spacial score (nSPS) is 12.2. The highest BCUT2D eigenvalue weighted by Gasteiger charge is 2.12. The maximum Gasteiger partial charge on any atom is 0.129 e. The molecule has 0 saturated carbocycles. The number of hydrogen-bond acceptors (Lipinski definition) is 2. The summed E-state index contributed by atoms with van der Waals surface area (Å²) in [4.78, 5) is 0. The quantitative estimate of drug-likeness (QED) is 0.918. The summed E-state index contributed by atoms with van der Waals surface area (Å²) in [7, 11) is 1.55. The van der Waals surface area contributed by atoms with Crippen LogP contribution in [-0.4, -0.2) is 12.2 Å². The second-order valence-electron chi connectivity index (χ2n) is 4.23. The zero-order valence-electron chi connectivity index (χ0n) is 10.4. The Kier molecular flexibility index (Phi) is 4.12. The summed E-state index contributed by atoms with van der Waals surface area (Å²) in [6.07, 6.45) is -0.746.